The molecule has 256 valence electrons. The molecule has 0 radical (unpaired) electrons. The molecule has 55 heavy (non-hydrogen) atoms. The molecule has 0 amide bonds. The highest BCUT2D eigenvalue weighted by molar-refractivity contribution is 6.21. The molecule has 3 aromatic heterocycles. The van der Waals surface area contributed by atoms with E-state index < -0.39 is 48.3 Å². The van der Waals surface area contributed by atoms with Crippen LogP contribution in [0.2, 0.25) is 0 Å². The summed E-state index contributed by atoms with van der Waals surface area (Å²) in [5, 5.41) is 0.667. The van der Waals surface area contributed by atoms with Gasteiger partial charge in [-0.15, -0.1) is 0 Å². The van der Waals surface area contributed by atoms with Crippen molar-refractivity contribution in [3.8, 4) is 50.6 Å². The average Bonchev–Trinajstić information content (AvgIpc) is 4.02. The Morgan fingerprint density at radius 1 is 0.564 bits per heavy atom. The van der Waals surface area contributed by atoms with Crippen molar-refractivity contribution in [1.82, 2.24) is 14.5 Å². The second-order valence-corrected chi connectivity index (χ2v) is 13.8. The van der Waals surface area contributed by atoms with Crippen LogP contribution in [0.1, 0.15) is 24.8 Å². The van der Waals surface area contributed by atoms with E-state index in [4.69, 9.17) is 26.7 Å². The summed E-state index contributed by atoms with van der Waals surface area (Å²) >= 11 is 0. The van der Waals surface area contributed by atoms with Gasteiger partial charge >= 0.3 is 0 Å². The summed E-state index contributed by atoms with van der Waals surface area (Å²) in [6.45, 7) is 0. The molecular formula is C51H31N3O. The fourth-order valence-electron chi connectivity index (χ4n) is 8.26. The van der Waals surface area contributed by atoms with Crippen LogP contribution in [0.4, 0.5) is 0 Å². The molecule has 1 aliphatic carbocycles. The number of para-hydroxylation sites is 2. The van der Waals surface area contributed by atoms with Gasteiger partial charge in [-0.05, 0) is 86.9 Å². The van der Waals surface area contributed by atoms with E-state index in [9.17, 15) is 1.37 Å². The Bertz CT molecular complexity index is 3920. The van der Waals surface area contributed by atoms with Gasteiger partial charge in [-0.25, -0.2) is 9.97 Å². The number of hydrogen-bond acceptors (Lipinski definition) is 3. The van der Waals surface area contributed by atoms with Gasteiger partial charge in [0.25, 0.3) is 0 Å². The predicted molar refractivity (Wildman–Crippen MR) is 226 cm³/mol. The minimum Gasteiger partial charge on any atom is -0.452 e. The first-order valence-electron chi connectivity index (χ1n) is 23.0. The summed E-state index contributed by atoms with van der Waals surface area (Å²) in [4.78, 5) is 10.4. The number of benzene rings is 8. The Kier molecular flexibility index (Phi) is 4.65. The van der Waals surface area contributed by atoms with Crippen molar-refractivity contribution in [3.63, 3.8) is 0 Å². The highest BCUT2D eigenvalue weighted by Gasteiger charge is 2.26. The minimum atomic E-state index is -0.560. The number of fused-ring (bicyclic) bond motifs is 11. The highest BCUT2D eigenvalue weighted by Crippen LogP contribution is 2.45. The van der Waals surface area contributed by atoms with Gasteiger partial charge in [0.1, 0.15) is 16.8 Å². The van der Waals surface area contributed by atoms with Crippen LogP contribution in [0.3, 0.4) is 0 Å². The molecule has 0 atom stereocenters. The zero-order chi connectivity index (χ0) is 44.7. The molecule has 0 spiro atoms. The molecular weight excluding hydrogens is 671 g/mol. The molecule has 0 bridgehead atoms. The average molecular weight is 712 g/mol. The number of hydrogen-bond donors (Lipinski definition) is 0. The molecule has 0 saturated carbocycles. The molecule has 0 N–H and O–H groups in total. The lowest BCUT2D eigenvalue weighted by atomic mass is 9.98. The van der Waals surface area contributed by atoms with Crippen molar-refractivity contribution in [2.24, 2.45) is 0 Å². The van der Waals surface area contributed by atoms with Crippen molar-refractivity contribution in [2.45, 2.75) is 6.42 Å². The Morgan fingerprint density at radius 3 is 2.25 bits per heavy atom. The van der Waals surface area contributed by atoms with Crippen LogP contribution in [0, 0.1) is 0 Å². The second kappa shape index (κ2) is 11.6. The SMILES string of the molecule is [2H]c1c([2H])c([2H])c2c(c1[2H])c([2H])c([2H])c1c2c2c([2H])c([2H])c([2H])c([2H])c2n1-c1ccc2c(c1)Cc1cccc(-c3nc(-c4ccc(-c5ccccc5)cc4)c4oc5ccccc5c4n3)c1-2. The summed E-state index contributed by atoms with van der Waals surface area (Å²) in [7, 11) is 0. The van der Waals surface area contributed by atoms with Crippen LogP contribution in [-0.2, 0) is 6.42 Å². The summed E-state index contributed by atoms with van der Waals surface area (Å²) in [6, 6.07) is 33.2. The van der Waals surface area contributed by atoms with E-state index in [2.05, 4.69) is 30.3 Å². The van der Waals surface area contributed by atoms with Crippen LogP contribution in [-0.4, -0.2) is 14.5 Å². The molecule has 0 unspecified atom stereocenters. The lowest BCUT2D eigenvalue weighted by molar-refractivity contribution is 0.667. The van der Waals surface area contributed by atoms with Gasteiger partial charge in [0.15, 0.2) is 11.4 Å². The summed E-state index contributed by atoms with van der Waals surface area (Å²) < 4.78 is 96.6. The minimum absolute atomic E-state index is 0.00502. The monoisotopic (exact) mass is 711 g/mol. The van der Waals surface area contributed by atoms with Crippen molar-refractivity contribution in [3.05, 3.63) is 187 Å². The highest BCUT2D eigenvalue weighted by atomic mass is 16.3. The normalized spacial score (nSPS) is 14.8. The molecule has 12 rings (SSSR count). The molecule has 11 aromatic rings. The van der Waals surface area contributed by atoms with Gasteiger partial charge < -0.3 is 8.98 Å². The number of aromatic nitrogens is 3. The first-order valence-corrected chi connectivity index (χ1v) is 18.0. The molecule has 1 aliphatic rings. The van der Waals surface area contributed by atoms with E-state index >= 15 is 0 Å². The molecule has 0 fully saturated rings. The number of rotatable bonds is 4. The molecule has 0 saturated heterocycles. The van der Waals surface area contributed by atoms with Gasteiger partial charge in [-0.3, -0.25) is 0 Å². The van der Waals surface area contributed by atoms with Crippen LogP contribution < -0.4 is 0 Å². The zero-order valence-corrected chi connectivity index (χ0v) is 28.9. The Morgan fingerprint density at radius 2 is 1.35 bits per heavy atom. The fraction of sp³-hybridized carbons (Fsp3) is 0.0196. The van der Waals surface area contributed by atoms with E-state index in [1.54, 1.807) is 4.57 Å². The molecule has 3 heterocycles. The maximum atomic E-state index is 9.34. The third kappa shape index (κ3) is 4.52. The number of nitrogens with zero attached hydrogens (tertiary/aromatic N) is 3. The van der Waals surface area contributed by atoms with Gasteiger partial charge in [-0.2, -0.15) is 0 Å². The summed E-state index contributed by atoms with van der Waals surface area (Å²) in [5.41, 5.74) is 10.8. The first-order chi connectivity index (χ1) is 31.4. The second-order valence-electron chi connectivity index (χ2n) is 13.8. The first kappa shape index (κ1) is 22.0. The van der Waals surface area contributed by atoms with E-state index in [1.807, 2.05) is 84.9 Å². The summed E-state index contributed by atoms with van der Waals surface area (Å²) in [5.74, 6) is 0.511. The van der Waals surface area contributed by atoms with Crippen molar-refractivity contribution < 1.29 is 18.1 Å². The topological polar surface area (TPSA) is 43.9 Å². The van der Waals surface area contributed by atoms with Crippen LogP contribution in [0.5, 0.6) is 0 Å². The molecule has 8 aromatic carbocycles. The molecule has 4 nitrogen and oxygen atoms in total. The predicted octanol–water partition coefficient (Wildman–Crippen LogP) is 13.2. The van der Waals surface area contributed by atoms with E-state index in [-0.39, 0.29) is 44.7 Å². The number of furan rings is 1. The van der Waals surface area contributed by atoms with Crippen LogP contribution >= 0.6 is 0 Å². The maximum Gasteiger partial charge on any atom is 0.180 e. The van der Waals surface area contributed by atoms with E-state index in [0.717, 1.165) is 49.9 Å². The van der Waals surface area contributed by atoms with Gasteiger partial charge in [-0.1, -0.05) is 139 Å². The third-order valence-corrected chi connectivity index (χ3v) is 10.7. The Hall–Kier alpha value is -7.30. The van der Waals surface area contributed by atoms with Gasteiger partial charge in [0.05, 0.1) is 24.7 Å². The van der Waals surface area contributed by atoms with E-state index in [1.165, 1.54) is 0 Å². The van der Waals surface area contributed by atoms with E-state index in [0.29, 0.717) is 40.3 Å². The lowest BCUT2D eigenvalue weighted by Crippen LogP contribution is -1.96. The largest absolute Gasteiger partial charge is 0.452 e. The van der Waals surface area contributed by atoms with Crippen molar-refractivity contribution in [1.29, 1.82) is 0 Å². The fourth-order valence-corrected chi connectivity index (χ4v) is 8.26. The van der Waals surface area contributed by atoms with Crippen molar-refractivity contribution >= 4 is 54.6 Å². The van der Waals surface area contributed by atoms with Crippen molar-refractivity contribution in [2.75, 3.05) is 0 Å². The zero-order valence-electron chi connectivity index (χ0n) is 38.9. The Labute approximate surface area is 330 Å². The van der Waals surface area contributed by atoms with Gasteiger partial charge in [0.2, 0.25) is 0 Å². The smallest absolute Gasteiger partial charge is 0.180 e. The van der Waals surface area contributed by atoms with Gasteiger partial charge in [0, 0.05) is 33.0 Å². The lowest BCUT2D eigenvalue weighted by Gasteiger charge is -2.13. The Balaban J connectivity index is 1.07. The molecule has 4 heteroatoms. The maximum absolute atomic E-state index is 9.34. The van der Waals surface area contributed by atoms with Crippen LogP contribution in [0.25, 0.3) is 105 Å². The summed E-state index contributed by atoms with van der Waals surface area (Å²) in [6.07, 6.45) is 0.500. The third-order valence-electron chi connectivity index (χ3n) is 10.7. The van der Waals surface area contributed by atoms with Crippen LogP contribution in [0.15, 0.2) is 180 Å². The molecule has 0 aliphatic heterocycles. The standard InChI is InChI=1S/C51H31N3O/c1-2-11-31(12-3-1)32-21-23-34(24-22-32)48-50-49(41-17-7-9-20-45(41)55-50)53-51(52-48)42-18-10-14-35-29-36-30-37(26-27-39(36)46(35)42)54-43-19-8-6-16-40(43)47-38-15-5-4-13-33(38)25-28-44(47)54/h1-28,30H,29H2/i4D,5D,6D,8D,13D,15D,16D,19D,25D,28D. The quantitative estimate of drug-likeness (QED) is 0.183.